The zero-order valence-electron chi connectivity index (χ0n) is 11.6. The topological polar surface area (TPSA) is 20.2 Å². The summed E-state index contributed by atoms with van der Waals surface area (Å²) in [5.41, 5.74) is 2.04. The summed E-state index contributed by atoms with van der Waals surface area (Å²) < 4.78 is 0. The second-order valence-corrected chi connectivity index (χ2v) is 6.40. The van der Waals surface area contributed by atoms with Crippen LogP contribution in [0.4, 0.5) is 0 Å². The maximum Gasteiger partial charge on any atom is 0.0484 e. The van der Waals surface area contributed by atoms with Gasteiger partial charge in [-0.2, -0.15) is 0 Å². The summed E-state index contributed by atoms with van der Waals surface area (Å²) in [7, 11) is 0. The monoisotopic (exact) mass is 224 g/mol. The third-order valence-electron chi connectivity index (χ3n) is 5.08. The van der Waals surface area contributed by atoms with Crippen LogP contribution in [0.15, 0.2) is 11.6 Å². The lowest BCUT2D eigenvalue weighted by molar-refractivity contribution is 0.111. The molecule has 94 valence electrons. The fourth-order valence-electron chi connectivity index (χ4n) is 2.57. The number of allylic oxidation sites excluding steroid dienone is 2. The summed E-state index contributed by atoms with van der Waals surface area (Å²) in [5, 5.41) is 9.43. The average Bonchev–Trinajstić information content (AvgIpc) is 2.51. The Morgan fingerprint density at radius 3 is 2.50 bits per heavy atom. The molecule has 1 nitrogen and oxygen atoms in total. The fourth-order valence-corrected chi connectivity index (χ4v) is 2.57. The van der Waals surface area contributed by atoms with Crippen molar-refractivity contribution in [3.63, 3.8) is 0 Å². The lowest BCUT2D eigenvalue weighted by Crippen LogP contribution is -2.25. The van der Waals surface area contributed by atoms with E-state index in [9.17, 15) is 5.11 Å². The molecule has 0 fully saturated rings. The van der Waals surface area contributed by atoms with E-state index in [0.29, 0.717) is 12.0 Å². The minimum Gasteiger partial charge on any atom is -0.396 e. The van der Waals surface area contributed by atoms with Gasteiger partial charge in [-0.3, -0.25) is 0 Å². The highest BCUT2D eigenvalue weighted by atomic mass is 16.3. The fraction of sp³-hybridized carbons (Fsp3) is 0.867. The summed E-state index contributed by atoms with van der Waals surface area (Å²) in [5.74, 6) is 0.768. The number of aliphatic hydroxyl groups is 1. The molecule has 2 atom stereocenters. The molecule has 0 saturated carbocycles. The van der Waals surface area contributed by atoms with E-state index in [1.807, 2.05) is 0 Å². The van der Waals surface area contributed by atoms with Crippen LogP contribution in [0.25, 0.3) is 0 Å². The smallest absolute Gasteiger partial charge is 0.0484 e. The van der Waals surface area contributed by atoms with Crippen LogP contribution in [0.5, 0.6) is 0 Å². The molecule has 1 unspecified atom stereocenters. The lowest BCUT2D eigenvalue weighted by atomic mass is 9.72. The Kier molecular flexibility index (Phi) is 4.23. The van der Waals surface area contributed by atoms with Crippen molar-refractivity contribution in [2.45, 2.75) is 60.3 Å². The van der Waals surface area contributed by atoms with Crippen LogP contribution in [0.1, 0.15) is 60.3 Å². The molecule has 0 heterocycles. The van der Waals surface area contributed by atoms with Crippen LogP contribution >= 0.6 is 0 Å². The summed E-state index contributed by atoms with van der Waals surface area (Å²) in [6.45, 7) is 11.7. The van der Waals surface area contributed by atoms with Gasteiger partial charge in [-0.05, 0) is 49.4 Å². The Bertz CT molecular complexity index is 259. The Hall–Kier alpha value is -0.300. The molecule has 0 bridgehead atoms. The highest BCUT2D eigenvalue weighted by molar-refractivity contribution is 5.18. The molecular formula is C15H28O. The van der Waals surface area contributed by atoms with E-state index in [2.05, 4.69) is 40.7 Å². The van der Waals surface area contributed by atoms with Crippen molar-refractivity contribution in [1.29, 1.82) is 0 Å². The molecular weight excluding hydrogens is 196 g/mol. The standard InChI is InChI=1S/C15H28O/c1-6-15(5,11-16)10-9-13-8-7-12(2)14(13,3)4/h7,13,16H,6,8-11H2,1-5H3/t13-,15?/m1/s1. The van der Waals surface area contributed by atoms with Gasteiger partial charge in [0.15, 0.2) is 0 Å². The van der Waals surface area contributed by atoms with Crippen LogP contribution in [-0.2, 0) is 0 Å². The van der Waals surface area contributed by atoms with Crippen molar-refractivity contribution in [3.05, 3.63) is 11.6 Å². The Morgan fingerprint density at radius 1 is 1.50 bits per heavy atom. The molecule has 1 N–H and O–H groups in total. The van der Waals surface area contributed by atoms with Gasteiger partial charge in [0.2, 0.25) is 0 Å². The first kappa shape index (κ1) is 13.8. The minimum atomic E-state index is 0.132. The third-order valence-corrected chi connectivity index (χ3v) is 5.08. The Morgan fingerprint density at radius 2 is 2.12 bits per heavy atom. The third kappa shape index (κ3) is 2.68. The van der Waals surface area contributed by atoms with Crippen molar-refractivity contribution in [1.82, 2.24) is 0 Å². The van der Waals surface area contributed by atoms with Crippen molar-refractivity contribution < 1.29 is 5.11 Å². The molecule has 0 spiro atoms. The van der Waals surface area contributed by atoms with E-state index >= 15 is 0 Å². The van der Waals surface area contributed by atoms with Crippen LogP contribution in [0.3, 0.4) is 0 Å². The average molecular weight is 224 g/mol. The van der Waals surface area contributed by atoms with Crippen LogP contribution in [-0.4, -0.2) is 11.7 Å². The maximum atomic E-state index is 9.43. The molecule has 1 aliphatic rings. The molecule has 0 aliphatic heterocycles. The first-order chi connectivity index (χ1) is 7.35. The van der Waals surface area contributed by atoms with Gasteiger partial charge in [0, 0.05) is 6.61 Å². The number of aliphatic hydroxyl groups excluding tert-OH is 1. The SMILES string of the molecule is CCC(C)(CO)CC[C@H]1CC=C(C)C1(C)C. The van der Waals surface area contributed by atoms with Crippen LogP contribution < -0.4 is 0 Å². The predicted molar refractivity (Wildman–Crippen MR) is 70.4 cm³/mol. The molecule has 0 aromatic heterocycles. The quantitative estimate of drug-likeness (QED) is 0.695. The van der Waals surface area contributed by atoms with Gasteiger partial charge in [0.25, 0.3) is 0 Å². The van der Waals surface area contributed by atoms with E-state index < -0.39 is 0 Å². The number of rotatable bonds is 5. The molecule has 0 saturated heterocycles. The largest absolute Gasteiger partial charge is 0.396 e. The maximum absolute atomic E-state index is 9.43. The summed E-state index contributed by atoms with van der Waals surface area (Å²) in [4.78, 5) is 0. The van der Waals surface area contributed by atoms with E-state index in [1.165, 1.54) is 12.8 Å². The molecule has 16 heavy (non-hydrogen) atoms. The molecule has 0 radical (unpaired) electrons. The highest BCUT2D eigenvalue weighted by Crippen LogP contribution is 2.46. The minimum absolute atomic E-state index is 0.132. The normalized spacial score (nSPS) is 27.6. The van der Waals surface area contributed by atoms with Gasteiger partial charge in [0.1, 0.15) is 0 Å². The van der Waals surface area contributed by atoms with Crippen molar-refractivity contribution in [2.24, 2.45) is 16.7 Å². The number of hydrogen-bond acceptors (Lipinski definition) is 1. The summed E-state index contributed by atoms with van der Waals surface area (Å²) >= 11 is 0. The van der Waals surface area contributed by atoms with E-state index in [1.54, 1.807) is 5.57 Å². The van der Waals surface area contributed by atoms with Gasteiger partial charge in [-0.1, -0.05) is 39.3 Å². The van der Waals surface area contributed by atoms with E-state index in [-0.39, 0.29) is 5.41 Å². The van der Waals surface area contributed by atoms with Crippen LogP contribution in [0, 0.1) is 16.7 Å². The summed E-state index contributed by atoms with van der Waals surface area (Å²) in [6, 6.07) is 0. The van der Waals surface area contributed by atoms with E-state index in [4.69, 9.17) is 0 Å². The van der Waals surface area contributed by atoms with Crippen molar-refractivity contribution in [3.8, 4) is 0 Å². The molecule has 0 aromatic carbocycles. The summed E-state index contributed by atoms with van der Waals surface area (Å²) in [6.07, 6.45) is 7.08. The van der Waals surface area contributed by atoms with Gasteiger partial charge in [-0.15, -0.1) is 0 Å². The Balaban J connectivity index is 2.52. The molecule has 1 aliphatic carbocycles. The molecule has 1 heteroatoms. The molecule has 0 amide bonds. The molecule has 1 rings (SSSR count). The van der Waals surface area contributed by atoms with Crippen molar-refractivity contribution >= 4 is 0 Å². The lowest BCUT2D eigenvalue weighted by Gasteiger charge is -2.33. The van der Waals surface area contributed by atoms with Gasteiger partial charge < -0.3 is 5.11 Å². The first-order valence-electron chi connectivity index (χ1n) is 6.64. The zero-order valence-corrected chi connectivity index (χ0v) is 11.6. The Labute approximate surface area is 101 Å². The van der Waals surface area contributed by atoms with E-state index in [0.717, 1.165) is 18.8 Å². The number of hydrogen-bond donors (Lipinski definition) is 1. The van der Waals surface area contributed by atoms with Gasteiger partial charge in [0.05, 0.1) is 0 Å². The second-order valence-electron chi connectivity index (χ2n) is 6.40. The predicted octanol–water partition coefficient (Wildman–Crippen LogP) is 4.17. The highest BCUT2D eigenvalue weighted by Gasteiger charge is 2.35. The second kappa shape index (κ2) is 4.91. The van der Waals surface area contributed by atoms with Crippen LogP contribution in [0.2, 0.25) is 0 Å². The van der Waals surface area contributed by atoms with Gasteiger partial charge >= 0.3 is 0 Å². The van der Waals surface area contributed by atoms with Crippen molar-refractivity contribution in [2.75, 3.05) is 6.61 Å². The van der Waals surface area contributed by atoms with Gasteiger partial charge in [-0.25, -0.2) is 0 Å². The first-order valence-corrected chi connectivity index (χ1v) is 6.64. The molecule has 0 aromatic rings. The zero-order chi connectivity index (χ0) is 12.4.